The van der Waals surface area contributed by atoms with Crippen LogP contribution in [-0.2, 0) is 0 Å². The molecule has 0 rings (SSSR count). The van der Waals surface area contributed by atoms with E-state index in [1.54, 1.807) is 0 Å². The smallest absolute Gasteiger partial charge is 0.250 e. The summed E-state index contributed by atoms with van der Waals surface area (Å²) in [7, 11) is 0. The van der Waals surface area contributed by atoms with Gasteiger partial charge in [-0.25, -0.2) is 8.78 Å². The molecule has 2 nitrogen and oxygen atoms in total. The van der Waals surface area contributed by atoms with E-state index in [1.165, 1.54) is 0 Å². The number of aliphatic hydroxyl groups is 1. The highest BCUT2D eigenvalue weighted by Crippen LogP contribution is 1.85. The lowest BCUT2D eigenvalue weighted by Crippen LogP contribution is -2.24. The normalized spacial score (nSPS) is 9.00. The summed E-state index contributed by atoms with van der Waals surface area (Å²) in [6.07, 6.45) is -2.32. The summed E-state index contributed by atoms with van der Waals surface area (Å²) in [6, 6.07) is 0. The fourth-order valence-corrected chi connectivity index (χ4v) is 0.290. The van der Waals surface area contributed by atoms with E-state index >= 15 is 0 Å². The highest BCUT2D eigenvalue weighted by atomic mass is 19.3. The van der Waals surface area contributed by atoms with Crippen molar-refractivity contribution in [1.29, 1.82) is 0 Å². The van der Waals surface area contributed by atoms with E-state index in [0.717, 1.165) is 0 Å². The average molecular weight is 155 g/mol. The molecule has 0 aliphatic heterocycles. The van der Waals surface area contributed by atoms with Crippen molar-refractivity contribution >= 4 is 0 Å². The Kier molecular flexibility index (Phi) is 14.4. The van der Waals surface area contributed by atoms with Crippen molar-refractivity contribution in [2.75, 3.05) is 19.7 Å². The summed E-state index contributed by atoms with van der Waals surface area (Å²) < 4.78 is 22.4. The van der Waals surface area contributed by atoms with Crippen LogP contribution in [0.3, 0.4) is 0 Å². The van der Waals surface area contributed by atoms with Crippen LogP contribution < -0.4 is 5.32 Å². The Morgan fingerprint density at radius 3 is 2.20 bits per heavy atom. The zero-order chi connectivity index (χ0) is 8.41. The summed E-state index contributed by atoms with van der Waals surface area (Å²) in [5, 5.41) is 10.4. The van der Waals surface area contributed by atoms with E-state index in [4.69, 9.17) is 5.11 Å². The third-order valence-electron chi connectivity index (χ3n) is 0.587. The van der Waals surface area contributed by atoms with Crippen LogP contribution in [0.25, 0.3) is 0 Å². The molecule has 0 aromatic carbocycles. The number of hydrogen-bond acceptors (Lipinski definition) is 2. The minimum Gasteiger partial charge on any atom is -0.395 e. The lowest BCUT2D eigenvalue weighted by atomic mass is 10.6. The first-order valence-corrected chi connectivity index (χ1v) is 3.37. The van der Waals surface area contributed by atoms with Crippen molar-refractivity contribution in [3.63, 3.8) is 0 Å². The summed E-state index contributed by atoms with van der Waals surface area (Å²) in [6.45, 7) is 3.82. The van der Waals surface area contributed by atoms with Gasteiger partial charge in [-0.3, -0.25) is 0 Å². The fraction of sp³-hybridized carbons (Fsp3) is 1.00. The molecule has 0 radical (unpaired) electrons. The van der Waals surface area contributed by atoms with Gasteiger partial charge in [0.15, 0.2) is 0 Å². The first-order valence-electron chi connectivity index (χ1n) is 3.37. The summed E-state index contributed by atoms with van der Waals surface area (Å²) >= 11 is 0. The van der Waals surface area contributed by atoms with Gasteiger partial charge in [0.1, 0.15) is 0 Å². The Labute approximate surface area is 60.2 Å². The van der Waals surface area contributed by atoms with E-state index in [9.17, 15) is 8.78 Å². The molecule has 0 aromatic rings. The maximum Gasteiger partial charge on any atom is 0.250 e. The summed E-state index contributed by atoms with van der Waals surface area (Å²) in [4.78, 5) is 0. The van der Waals surface area contributed by atoms with Gasteiger partial charge in [-0.1, -0.05) is 13.8 Å². The minimum atomic E-state index is -2.32. The molecule has 0 saturated heterocycles. The first-order chi connectivity index (χ1) is 4.77. The molecule has 0 saturated carbocycles. The van der Waals surface area contributed by atoms with Gasteiger partial charge in [0.25, 0.3) is 6.43 Å². The van der Waals surface area contributed by atoms with Gasteiger partial charge in [-0.15, -0.1) is 0 Å². The van der Waals surface area contributed by atoms with Crippen LogP contribution in [0.4, 0.5) is 8.78 Å². The van der Waals surface area contributed by atoms with Crippen LogP contribution >= 0.6 is 0 Å². The molecule has 2 N–H and O–H groups in total. The number of rotatable bonds is 4. The number of nitrogens with one attached hydrogen (secondary N) is 1. The van der Waals surface area contributed by atoms with Crippen LogP contribution in [0.15, 0.2) is 0 Å². The number of hydrogen-bond donors (Lipinski definition) is 2. The van der Waals surface area contributed by atoms with Gasteiger partial charge in [-0.05, 0) is 0 Å². The van der Waals surface area contributed by atoms with E-state index < -0.39 is 6.43 Å². The van der Waals surface area contributed by atoms with Crippen molar-refractivity contribution in [2.45, 2.75) is 20.3 Å². The van der Waals surface area contributed by atoms with Crippen molar-refractivity contribution in [3.05, 3.63) is 0 Å². The van der Waals surface area contributed by atoms with Crippen molar-refractivity contribution in [1.82, 2.24) is 5.32 Å². The van der Waals surface area contributed by atoms with Crippen LogP contribution in [0, 0.1) is 0 Å². The monoisotopic (exact) mass is 155 g/mol. The van der Waals surface area contributed by atoms with Crippen molar-refractivity contribution < 1.29 is 13.9 Å². The zero-order valence-corrected chi connectivity index (χ0v) is 6.40. The quantitative estimate of drug-likeness (QED) is 0.590. The van der Waals surface area contributed by atoms with E-state index in [-0.39, 0.29) is 19.7 Å². The Hall–Kier alpha value is -0.220. The summed E-state index contributed by atoms with van der Waals surface area (Å²) in [5.41, 5.74) is 0. The van der Waals surface area contributed by atoms with Gasteiger partial charge in [0.2, 0.25) is 0 Å². The average Bonchev–Trinajstić information content (AvgIpc) is 1.92. The Balaban J connectivity index is 0. The molecule has 0 amide bonds. The Bertz CT molecular complexity index is 53.0. The van der Waals surface area contributed by atoms with Crippen LogP contribution in [0.5, 0.6) is 0 Å². The van der Waals surface area contributed by atoms with Gasteiger partial charge in [-0.2, -0.15) is 0 Å². The summed E-state index contributed by atoms with van der Waals surface area (Å²) in [5.74, 6) is 0. The molecule has 0 aromatic heterocycles. The minimum absolute atomic E-state index is 0.0906. The third kappa shape index (κ3) is 15.7. The standard InChI is InChI=1S/C4H9F2NO.C2H6/c5-4(6)3-7-1-2-8;1-2/h4,7-8H,1-3H2;1-2H3. The lowest BCUT2D eigenvalue weighted by molar-refractivity contribution is 0.143. The second kappa shape index (κ2) is 11.6. The zero-order valence-electron chi connectivity index (χ0n) is 6.40. The Morgan fingerprint density at radius 1 is 1.40 bits per heavy atom. The van der Waals surface area contributed by atoms with E-state index in [1.807, 2.05) is 13.8 Å². The van der Waals surface area contributed by atoms with Gasteiger partial charge >= 0.3 is 0 Å². The number of halogens is 2. The maximum atomic E-state index is 11.2. The fourth-order valence-electron chi connectivity index (χ4n) is 0.290. The lowest BCUT2D eigenvalue weighted by Gasteiger charge is -1.98. The highest BCUT2D eigenvalue weighted by Gasteiger charge is 1.97. The van der Waals surface area contributed by atoms with E-state index in [2.05, 4.69) is 5.32 Å². The van der Waals surface area contributed by atoms with Crippen LogP contribution in [-0.4, -0.2) is 31.2 Å². The second-order valence-corrected chi connectivity index (χ2v) is 1.32. The van der Waals surface area contributed by atoms with Crippen LogP contribution in [0.1, 0.15) is 13.8 Å². The molecule has 0 atom stereocenters. The van der Waals surface area contributed by atoms with Gasteiger partial charge < -0.3 is 10.4 Å². The van der Waals surface area contributed by atoms with Crippen LogP contribution in [0.2, 0.25) is 0 Å². The second-order valence-electron chi connectivity index (χ2n) is 1.32. The molecule has 64 valence electrons. The highest BCUT2D eigenvalue weighted by molar-refractivity contribution is 4.45. The molecular formula is C6H15F2NO. The number of alkyl halides is 2. The van der Waals surface area contributed by atoms with Gasteiger partial charge in [0, 0.05) is 6.54 Å². The molecule has 0 heterocycles. The number of aliphatic hydroxyl groups excluding tert-OH is 1. The molecule has 0 bridgehead atoms. The first kappa shape index (κ1) is 12.5. The van der Waals surface area contributed by atoms with Crippen molar-refractivity contribution in [3.8, 4) is 0 Å². The third-order valence-corrected chi connectivity index (χ3v) is 0.587. The largest absolute Gasteiger partial charge is 0.395 e. The molecule has 0 unspecified atom stereocenters. The Morgan fingerprint density at radius 2 is 1.90 bits per heavy atom. The predicted molar refractivity (Wildman–Crippen MR) is 37.3 cm³/mol. The molecule has 4 heteroatoms. The molecule has 10 heavy (non-hydrogen) atoms. The van der Waals surface area contributed by atoms with Crippen molar-refractivity contribution in [2.24, 2.45) is 0 Å². The van der Waals surface area contributed by atoms with Gasteiger partial charge in [0.05, 0.1) is 13.2 Å². The maximum absolute atomic E-state index is 11.2. The molecule has 0 fully saturated rings. The topological polar surface area (TPSA) is 32.3 Å². The predicted octanol–water partition coefficient (Wildman–Crippen LogP) is 0.860. The molecule has 0 spiro atoms. The molecule has 0 aliphatic rings. The molecular weight excluding hydrogens is 140 g/mol. The SMILES string of the molecule is CC.OCCNCC(F)F. The molecule has 0 aliphatic carbocycles. The van der Waals surface area contributed by atoms with E-state index in [0.29, 0.717) is 0 Å².